The normalized spacial score (nSPS) is 13.9. The van der Waals surface area contributed by atoms with Crippen molar-refractivity contribution in [3.63, 3.8) is 0 Å². The highest BCUT2D eigenvalue weighted by Crippen LogP contribution is 2.11. The Bertz CT molecular complexity index is 504. The van der Waals surface area contributed by atoms with Gasteiger partial charge in [-0.05, 0) is 24.3 Å². The summed E-state index contributed by atoms with van der Waals surface area (Å²) in [5, 5.41) is 11.2. The summed E-state index contributed by atoms with van der Waals surface area (Å²) >= 11 is 0. The van der Waals surface area contributed by atoms with E-state index in [1.807, 2.05) is 6.07 Å². The molecule has 1 fully saturated rings. The van der Waals surface area contributed by atoms with Gasteiger partial charge in [-0.1, -0.05) is 0 Å². The summed E-state index contributed by atoms with van der Waals surface area (Å²) in [4.78, 5) is 24.0. The molecule has 1 aliphatic heterocycles. The van der Waals surface area contributed by atoms with Gasteiger partial charge in [0.1, 0.15) is 5.75 Å². The number of carbonyl (C=O) groups excluding carboxylic acids is 2. The second-order valence-electron chi connectivity index (χ2n) is 3.70. The molecule has 0 unspecified atom stereocenters. The molecule has 0 bridgehead atoms. The second kappa shape index (κ2) is 5.19. The third kappa shape index (κ3) is 2.58. The number of benzene rings is 1. The van der Waals surface area contributed by atoms with Gasteiger partial charge in [-0.25, -0.2) is 4.79 Å². The number of nitrogens with zero attached hydrogens (tertiary/aromatic N) is 2. The van der Waals surface area contributed by atoms with Gasteiger partial charge in [-0.15, -0.1) is 0 Å². The molecule has 0 saturated carbocycles. The van der Waals surface area contributed by atoms with Crippen LogP contribution in [0.15, 0.2) is 24.3 Å². The molecular weight excluding hydrogens is 234 g/mol. The van der Waals surface area contributed by atoms with E-state index in [-0.39, 0.29) is 18.5 Å². The maximum atomic E-state index is 11.6. The van der Waals surface area contributed by atoms with E-state index in [1.165, 1.54) is 0 Å². The number of urea groups is 1. The van der Waals surface area contributed by atoms with E-state index in [0.717, 1.165) is 4.90 Å². The molecule has 1 aromatic carbocycles. The first-order valence-electron chi connectivity index (χ1n) is 5.42. The van der Waals surface area contributed by atoms with Crippen LogP contribution in [0.4, 0.5) is 4.79 Å². The molecule has 6 nitrogen and oxygen atoms in total. The first-order chi connectivity index (χ1) is 8.70. The minimum absolute atomic E-state index is 0.195. The average Bonchev–Trinajstić information content (AvgIpc) is 2.83. The molecule has 18 heavy (non-hydrogen) atoms. The van der Waals surface area contributed by atoms with Crippen LogP contribution in [0.2, 0.25) is 0 Å². The third-order valence-corrected chi connectivity index (χ3v) is 2.50. The molecule has 92 valence electrons. The fourth-order valence-electron chi connectivity index (χ4n) is 1.56. The van der Waals surface area contributed by atoms with Gasteiger partial charge in [-0.3, -0.25) is 9.69 Å². The van der Waals surface area contributed by atoms with Crippen molar-refractivity contribution in [3.8, 4) is 11.8 Å². The molecule has 2 rings (SSSR count). The predicted molar refractivity (Wildman–Crippen MR) is 61.8 cm³/mol. The topological polar surface area (TPSA) is 82.4 Å². The van der Waals surface area contributed by atoms with Crippen molar-refractivity contribution >= 4 is 11.9 Å². The van der Waals surface area contributed by atoms with Crippen molar-refractivity contribution in [3.05, 3.63) is 29.8 Å². The van der Waals surface area contributed by atoms with E-state index in [2.05, 4.69) is 5.32 Å². The monoisotopic (exact) mass is 245 g/mol. The fraction of sp³-hybridized carbons (Fsp3) is 0.250. The van der Waals surface area contributed by atoms with Crippen LogP contribution in [-0.4, -0.2) is 36.5 Å². The van der Waals surface area contributed by atoms with Gasteiger partial charge in [0.15, 0.2) is 6.61 Å². The number of nitrogens with one attached hydrogen (secondary N) is 1. The zero-order valence-corrected chi connectivity index (χ0v) is 9.55. The van der Waals surface area contributed by atoms with Gasteiger partial charge in [0.05, 0.1) is 11.6 Å². The lowest BCUT2D eigenvalue weighted by molar-refractivity contribution is -0.129. The van der Waals surface area contributed by atoms with Crippen LogP contribution < -0.4 is 10.1 Å². The standard InChI is InChI=1S/C12H11N3O3/c13-7-9-1-3-10(4-2-9)18-8-11(16)15-6-5-14-12(15)17/h1-4H,5-6,8H2,(H,14,17). The summed E-state index contributed by atoms with van der Waals surface area (Å²) in [6.07, 6.45) is 0. The van der Waals surface area contributed by atoms with Crippen molar-refractivity contribution in [2.45, 2.75) is 0 Å². The molecule has 1 heterocycles. The number of imide groups is 1. The average molecular weight is 245 g/mol. The highest BCUT2D eigenvalue weighted by Gasteiger charge is 2.26. The summed E-state index contributed by atoms with van der Waals surface area (Å²) < 4.78 is 5.25. The van der Waals surface area contributed by atoms with Crippen LogP contribution in [0, 0.1) is 11.3 Å². The van der Waals surface area contributed by atoms with Gasteiger partial charge < -0.3 is 10.1 Å². The molecule has 0 radical (unpaired) electrons. The van der Waals surface area contributed by atoms with E-state index in [0.29, 0.717) is 24.4 Å². The van der Waals surface area contributed by atoms with E-state index in [4.69, 9.17) is 10.00 Å². The van der Waals surface area contributed by atoms with E-state index >= 15 is 0 Å². The number of hydrogen-bond donors (Lipinski definition) is 1. The lowest BCUT2D eigenvalue weighted by Crippen LogP contribution is -2.37. The molecule has 6 heteroatoms. The van der Waals surface area contributed by atoms with Crippen LogP contribution in [0.1, 0.15) is 5.56 Å². The molecule has 0 atom stereocenters. The molecular formula is C12H11N3O3. The predicted octanol–water partition coefficient (Wildman–Crippen LogP) is 0.489. The van der Waals surface area contributed by atoms with Crippen molar-refractivity contribution < 1.29 is 14.3 Å². The number of ether oxygens (including phenoxy) is 1. The Labute approximate surface area is 104 Å². The summed E-state index contributed by atoms with van der Waals surface area (Å²) in [6.45, 7) is 0.648. The lowest BCUT2D eigenvalue weighted by atomic mass is 10.2. The summed E-state index contributed by atoms with van der Waals surface area (Å²) in [7, 11) is 0. The first-order valence-corrected chi connectivity index (χ1v) is 5.42. The quantitative estimate of drug-likeness (QED) is 0.840. The van der Waals surface area contributed by atoms with Crippen LogP contribution in [0.5, 0.6) is 5.75 Å². The zero-order chi connectivity index (χ0) is 13.0. The van der Waals surface area contributed by atoms with Crippen molar-refractivity contribution in [2.24, 2.45) is 0 Å². The number of amides is 3. The molecule has 1 aliphatic rings. The molecule has 0 spiro atoms. The van der Waals surface area contributed by atoms with Crippen molar-refractivity contribution in [1.82, 2.24) is 10.2 Å². The van der Waals surface area contributed by atoms with Crippen LogP contribution in [0.3, 0.4) is 0 Å². The number of hydrogen-bond acceptors (Lipinski definition) is 4. The maximum Gasteiger partial charge on any atom is 0.324 e. The fourth-order valence-corrected chi connectivity index (χ4v) is 1.56. The molecule has 0 aliphatic carbocycles. The van der Waals surface area contributed by atoms with Crippen LogP contribution in [0.25, 0.3) is 0 Å². The highest BCUT2D eigenvalue weighted by molar-refractivity contribution is 5.96. The minimum Gasteiger partial charge on any atom is -0.484 e. The highest BCUT2D eigenvalue weighted by atomic mass is 16.5. The lowest BCUT2D eigenvalue weighted by Gasteiger charge is -2.12. The minimum atomic E-state index is -0.386. The molecule has 1 N–H and O–H groups in total. The number of carbonyl (C=O) groups is 2. The third-order valence-electron chi connectivity index (χ3n) is 2.50. The van der Waals surface area contributed by atoms with Gasteiger partial charge in [-0.2, -0.15) is 5.26 Å². The van der Waals surface area contributed by atoms with Gasteiger partial charge in [0, 0.05) is 13.1 Å². The first kappa shape index (κ1) is 11.9. The number of nitriles is 1. The summed E-state index contributed by atoms with van der Waals surface area (Å²) in [5.41, 5.74) is 0.521. The Morgan fingerprint density at radius 3 is 2.72 bits per heavy atom. The van der Waals surface area contributed by atoms with Gasteiger partial charge in [0.2, 0.25) is 0 Å². The van der Waals surface area contributed by atoms with Crippen molar-refractivity contribution in [1.29, 1.82) is 5.26 Å². The SMILES string of the molecule is N#Cc1ccc(OCC(=O)N2CCNC2=O)cc1. The zero-order valence-electron chi connectivity index (χ0n) is 9.55. The molecule has 1 aromatic rings. The van der Waals surface area contributed by atoms with Crippen LogP contribution >= 0.6 is 0 Å². The molecule has 3 amide bonds. The Morgan fingerprint density at radius 1 is 1.44 bits per heavy atom. The molecule has 0 aromatic heterocycles. The Balaban J connectivity index is 1.89. The Kier molecular flexibility index (Phi) is 3.44. The maximum absolute atomic E-state index is 11.6. The van der Waals surface area contributed by atoms with E-state index in [9.17, 15) is 9.59 Å². The van der Waals surface area contributed by atoms with Gasteiger partial charge in [0.25, 0.3) is 5.91 Å². The largest absolute Gasteiger partial charge is 0.484 e. The summed E-state index contributed by atoms with van der Waals surface area (Å²) in [6, 6.07) is 8.01. The number of rotatable bonds is 3. The van der Waals surface area contributed by atoms with E-state index < -0.39 is 0 Å². The van der Waals surface area contributed by atoms with E-state index in [1.54, 1.807) is 24.3 Å². The Hall–Kier alpha value is -2.55. The second-order valence-corrected chi connectivity index (χ2v) is 3.70. The molecule has 1 saturated heterocycles. The van der Waals surface area contributed by atoms with Crippen molar-refractivity contribution in [2.75, 3.05) is 19.7 Å². The Morgan fingerprint density at radius 2 is 2.17 bits per heavy atom. The smallest absolute Gasteiger partial charge is 0.324 e. The van der Waals surface area contributed by atoms with Gasteiger partial charge >= 0.3 is 6.03 Å². The summed E-state index contributed by atoms with van der Waals surface area (Å²) in [5.74, 6) is 0.108. The van der Waals surface area contributed by atoms with Crippen LogP contribution in [-0.2, 0) is 4.79 Å².